The van der Waals surface area contributed by atoms with E-state index in [2.05, 4.69) is 15.4 Å². The molecule has 3 heterocycles. The highest BCUT2D eigenvalue weighted by Crippen LogP contribution is 2.28. The van der Waals surface area contributed by atoms with Crippen molar-refractivity contribution in [2.75, 3.05) is 36.6 Å². The third-order valence-electron chi connectivity index (χ3n) is 4.59. The summed E-state index contributed by atoms with van der Waals surface area (Å²) in [5.74, 6) is 0.629. The van der Waals surface area contributed by atoms with Gasteiger partial charge in [0.05, 0.1) is 37.3 Å². The second-order valence-electron chi connectivity index (χ2n) is 6.56. The van der Waals surface area contributed by atoms with Crippen LogP contribution in [-0.4, -0.2) is 47.2 Å². The molecule has 0 aliphatic carbocycles. The van der Waals surface area contributed by atoms with Gasteiger partial charge in [-0.15, -0.1) is 0 Å². The molecule has 9 heteroatoms. The van der Waals surface area contributed by atoms with Gasteiger partial charge in [0.25, 0.3) is 6.01 Å². The molecular weight excluding hydrogens is 374 g/mol. The molecule has 1 aliphatic heterocycles. The molecule has 29 heavy (non-hydrogen) atoms. The van der Waals surface area contributed by atoms with Gasteiger partial charge in [-0.2, -0.15) is 5.10 Å². The van der Waals surface area contributed by atoms with Gasteiger partial charge in [0.2, 0.25) is 0 Å². The van der Waals surface area contributed by atoms with Crippen LogP contribution in [0.15, 0.2) is 41.1 Å². The highest BCUT2D eigenvalue weighted by atomic mass is 16.6. The zero-order valence-corrected chi connectivity index (χ0v) is 16.4. The lowest BCUT2D eigenvalue weighted by molar-refractivity contribution is 0.136. The Morgan fingerprint density at radius 2 is 2.10 bits per heavy atom. The summed E-state index contributed by atoms with van der Waals surface area (Å²) in [6.45, 7) is 6.86. The maximum Gasteiger partial charge on any atom is 0.414 e. The van der Waals surface area contributed by atoms with Crippen molar-refractivity contribution >= 4 is 23.5 Å². The first-order valence-electron chi connectivity index (χ1n) is 9.53. The van der Waals surface area contributed by atoms with Crippen molar-refractivity contribution < 1.29 is 18.7 Å². The molecule has 152 valence electrons. The molecule has 0 saturated carbocycles. The summed E-state index contributed by atoms with van der Waals surface area (Å²) in [6.07, 6.45) is 3.25. The Morgan fingerprint density at radius 3 is 2.83 bits per heavy atom. The summed E-state index contributed by atoms with van der Waals surface area (Å²) in [6, 6.07) is 7.90. The van der Waals surface area contributed by atoms with Gasteiger partial charge in [-0.25, -0.2) is 9.78 Å². The first-order chi connectivity index (χ1) is 14.1. The summed E-state index contributed by atoms with van der Waals surface area (Å²) in [4.78, 5) is 17.6. The number of nitrogens with zero attached hydrogens (tertiary/aromatic N) is 4. The lowest BCUT2D eigenvalue weighted by atomic mass is 10.1. The number of oxazole rings is 1. The fourth-order valence-corrected chi connectivity index (χ4v) is 3.07. The molecule has 1 aromatic carbocycles. The van der Waals surface area contributed by atoms with Crippen molar-refractivity contribution in [2.45, 2.75) is 20.4 Å². The maximum absolute atomic E-state index is 11.7. The van der Waals surface area contributed by atoms with Crippen LogP contribution in [-0.2, 0) is 16.0 Å². The van der Waals surface area contributed by atoms with Gasteiger partial charge in [-0.1, -0.05) is 0 Å². The van der Waals surface area contributed by atoms with E-state index < -0.39 is 0 Å². The van der Waals surface area contributed by atoms with E-state index in [0.29, 0.717) is 44.7 Å². The Morgan fingerprint density at radius 1 is 1.28 bits per heavy atom. The predicted molar refractivity (Wildman–Crippen MR) is 107 cm³/mol. The molecule has 2 aromatic heterocycles. The summed E-state index contributed by atoms with van der Waals surface area (Å²) < 4.78 is 18.0. The summed E-state index contributed by atoms with van der Waals surface area (Å²) >= 11 is 0. The van der Waals surface area contributed by atoms with Crippen LogP contribution in [0.4, 0.5) is 22.2 Å². The van der Waals surface area contributed by atoms with Gasteiger partial charge >= 0.3 is 6.09 Å². The fraction of sp³-hybridized carbons (Fsp3) is 0.350. The number of hydrogen-bond acceptors (Lipinski definition) is 7. The van der Waals surface area contributed by atoms with Crippen LogP contribution in [0.5, 0.6) is 0 Å². The maximum atomic E-state index is 11.7. The molecule has 1 amide bonds. The van der Waals surface area contributed by atoms with Crippen molar-refractivity contribution in [1.29, 1.82) is 0 Å². The third kappa shape index (κ3) is 4.24. The largest absolute Gasteiger partial charge is 0.447 e. The smallest absolute Gasteiger partial charge is 0.414 e. The summed E-state index contributed by atoms with van der Waals surface area (Å²) in [5.41, 5.74) is 3.34. The topological polar surface area (TPSA) is 94.7 Å². The third-order valence-corrected chi connectivity index (χ3v) is 4.59. The zero-order chi connectivity index (χ0) is 20.2. The van der Waals surface area contributed by atoms with Crippen LogP contribution >= 0.6 is 0 Å². The first kappa shape index (κ1) is 19.0. The lowest BCUT2D eigenvalue weighted by Crippen LogP contribution is -2.22. The highest BCUT2D eigenvalue weighted by Gasteiger charge is 2.23. The lowest BCUT2D eigenvalue weighted by Gasteiger charge is -2.12. The van der Waals surface area contributed by atoms with Crippen molar-refractivity contribution in [3.8, 4) is 11.3 Å². The molecule has 3 aromatic rings. The number of rotatable bonds is 8. The molecule has 4 rings (SSSR count). The number of carbonyl (C=O) groups excluding carboxylic acids is 1. The summed E-state index contributed by atoms with van der Waals surface area (Å²) in [7, 11) is 0. The number of aromatic nitrogens is 3. The van der Waals surface area contributed by atoms with Crippen LogP contribution in [0.2, 0.25) is 0 Å². The van der Waals surface area contributed by atoms with Crippen molar-refractivity contribution in [3.63, 3.8) is 0 Å². The Balaban J connectivity index is 1.43. The van der Waals surface area contributed by atoms with Gasteiger partial charge in [-0.3, -0.25) is 9.58 Å². The summed E-state index contributed by atoms with van der Waals surface area (Å²) in [5, 5.41) is 7.62. The Kier molecular flexibility index (Phi) is 5.48. The second-order valence-corrected chi connectivity index (χ2v) is 6.56. The number of benzene rings is 1. The van der Waals surface area contributed by atoms with Crippen molar-refractivity contribution in [3.05, 3.63) is 42.4 Å². The fourth-order valence-electron chi connectivity index (χ4n) is 3.07. The van der Waals surface area contributed by atoms with E-state index in [1.54, 1.807) is 11.1 Å². The van der Waals surface area contributed by atoms with Crippen LogP contribution in [0.3, 0.4) is 0 Å². The predicted octanol–water partition coefficient (Wildman–Crippen LogP) is 3.58. The van der Waals surface area contributed by atoms with E-state index in [4.69, 9.17) is 13.9 Å². The SMILES string of the molecule is CCOCCn1cc(Nc2ncc(-c3ccc(N4CCOC4=O)cc3)o2)c(C)n1. The van der Waals surface area contributed by atoms with Gasteiger partial charge in [0, 0.05) is 24.1 Å². The number of nitrogens with one attached hydrogen (secondary N) is 1. The van der Waals surface area contributed by atoms with Gasteiger partial charge in [0.15, 0.2) is 5.76 Å². The van der Waals surface area contributed by atoms with Crippen molar-refractivity contribution in [1.82, 2.24) is 14.8 Å². The van der Waals surface area contributed by atoms with Crippen LogP contribution in [0, 0.1) is 6.92 Å². The Hall–Kier alpha value is -3.33. The van der Waals surface area contributed by atoms with Crippen LogP contribution in [0.1, 0.15) is 12.6 Å². The molecule has 1 N–H and O–H groups in total. The number of carbonyl (C=O) groups is 1. The number of ether oxygens (including phenoxy) is 2. The Bertz CT molecular complexity index is 979. The van der Waals surface area contributed by atoms with E-state index in [9.17, 15) is 4.79 Å². The standard InChI is InChI=1S/C20H23N5O4/c1-3-27-10-8-24-13-17(14(2)23-24)22-19-21-12-18(29-19)15-4-6-16(7-5-15)25-9-11-28-20(25)26/h4-7,12-13H,3,8-11H2,1-2H3,(H,21,22). The van der Waals surface area contributed by atoms with Gasteiger partial charge < -0.3 is 19.2 Å². The van der Waals surface area contributed by atoms with Crippen molar-refractivity contribution in [2.24, 2.45) is 0 Å². The molecule has 9 nitrogen and oxygen atoms in total. The van der Waals surface area contributed by atoms with Crippen LogP contribution < -0.4 is 10.2 Å². The highest BCUT2D eigenvalue weighted by molar-refractivity contribution is 5.89. The minimum absolute atomic E-state index is 0.318. The molecular formula is C20H23N5O4. The number of anilines is 3. The molecule has 0 radical (unpaired) electrons. The average Bonchev–Trinajstić information content (AvgIpc) is 3.44. The first-order valence-corrected chi connectivity index (χ1v) is 9.53. The normalized spacial score (nSPS) is 13.7. The number of cyclic esters (lactones) is 1. The molecule has 0 bridgehead atoms. The van der Waals surface area contributed by atoms with Crippen LogP contribution in [0.25, 0.3) is 11.3 Å². The number of aryl methyl sites for hydroxylation is 1. The monoisotopic (exact) mass is 397 g/mol. The molecule has 0 spiro atoms. The van der Waals surface area contributed by atoms with Gasteiger partial charge in [0.1, 0.15) is 6.61 Å². The van der Waals surface area contributed by atoms with Gasteiger partial charge in [-0.05, 0) is 38.1 Å². The number of hydrogen-bond donors (Lipinski definition) is 1. The van der Waals surface area contributed by atoms with E-state index in [1.807, 2.05) is 49.0 Å². The molecule has 0 atom stereocenters. The van der Waals surface area contributed by atoms with E-state index in [-0.39, 0.29) is 6.09 Å². The Labute approximate surface area is 168 Å². The van der Waals surface area contributed by atoms with E-state index in [0.717, 1.165) is 22.6 Å². The quantitative estimate of drug-likeness (QED) is 0.581. The van der Waals surface area contributed by atoms with E-state index in [1.165, 1.54) is 0 Å². The average molecular weight is 397 g/mol. The molecule has 1 fully saturated rings. The molecule has 0 unspecified atom stereocenters. The zero-order valence-electron chi connectivity index (χ0n) is 16.4. The molecule has 1 saturated heterocycles. The number of amides is 1. The minimum Gasteiger partial charge on any atom is -0.447 e. The molecule has 1 aliphatic rings. The van der Waals surface area contributed by atoms with E-state index >= 15 is 0 Å². The minimum atomic E-state index is -0.318. The second kappa shape index (κ2) is 8.36.